The van der Waals surface area contributed by atoms with Crippen LogP contribution in [0, 0.1) is 21.8 Å². The maximum absolute atomic E-state index is 13.3. The number of nitrogens with one attached hydrogen (secondary N) is 1. The summed E-state index contributed by atoms with van der Waals surface area (Å²) in [6, 6.07) is 2.25. The Labute approximate surface area is 112 Å². The van der Waals surface area contributed by atoms with E-state index in [1.54, 1.807) is 0 Å². The summed E-state index contributed by atoms with van der Waals surface area (Å²) in [5.74, 6) is -0.154. The van der Waals surface area contributed by atoms with Crippen LogP contribution in [0.3, 0.4) is 0 Å². The molecule has 5 nitrogen and oxygen atoms in total. The van der Waals surface area contributed by atoms with Gasteiger partial charge in [-0.1, -0.05) is 0 Å². The van der Waals surface area contributed by atoms with Crippen LogP contribution in [0.5, 0.6) is 0 Å². The Bertz CT molecular complexity index is 480. The van der Waals surface area contributed by atoms with Gasteiger partial charge in [-0.05, 0) is 40.8 Å². The molecule has 1 fully saturated rings. The SMILES string of the molecule is NC(CNc1cc(Br)c(F)cc1[N+](=O)[O-])C1CC1. The van der Waals surface area contributed by atoms with Crippen LogP contribution >= 0.6 is 15.9 Å². The summed E-state index contributed by atoms with van der Waals surface area (Å²) in [4.78, 5) is 10.2. The highest BCUT2D eigenvalue weighted by Crippen LogP contribution is 2.33. The summed E-state index contributed by atoms with van der Waals surface area (Å²) in [6.07, 6.45) is 2.22. The van der Waals surface area contributed by atoms with E-state index < -0.39 is 10.7 Å². The topological polar surface area (TPSA) is 81.2 Å². The molecule has 0 saturated heterocycles. The first kappa shape index (κ1) is 13.2. The van der Waals surface area contributed by atoms with Gasteiger partial charge in [0.1, 0.15) is 11.5 Å². The zero-order valence-electron chi connectivity index (χ0n) is 9.53. The molecule has 98 valence electrons. The second kappa shape index (κ2) is 5.19. The van der Waals surface area contributed by atoms with E-state index in [0.717, 1.165) is 18.9 Å². The number of nitrogens with two attached hydrogens (primary N) is 1. The van der Waals surface area contributed by atoms with E-state index in [2.05, 4.69) is 21.2 Å². The van der Waals surface area contributed by atoms with Crippen molar-refractivity contribution in [2.45, 2.75) is 18.9 Å². The maximum atomic E-state index is 13.3. The van der Waals surface area contributed by atoms with E-state index >= 15 is 0 Å². The summed E-state index contributed by atoms with van der Waals surface area (Å²) < 4.78 is 13.4. The second-order valence-electron chi connectivity index (χ2n) is 4.42. The summed E-state index contributed by atoms with van der Waals surface area (Å²) in [5.41, 5.74) is 5.91. The minimum atomic E-state index is -0.654. The van der Waals surface area contributed by atoms with Gasteiger partial charge in [0.25, 0.3) is 5.69 Å². The molecule has 1 unspecified atom stereocenters. The molecule has 0 aliphatic heterocycles. The summed E-state index contributed by atoms with van der Waals surface area (Å²) >= 11 is 3.01. The number of nitro groups is 1. The van der Waals surface area contributed by atoms with Gasteiger partial charge >= 0.3 is 0 Å². The Morgan fingerprint density at radius 1 is 1.61 bits per heavy atom. The molecule has 7 heteroatoms. The highest BCUT2D eigenvalue weighted by atomic mass is 79.9. The van der Waals surface area contributed by atoms with E-state index in [1.807, 2.05) is 0 Å². The van der Waals surface area contributed by atoms with Gasteiger partial charge in [-0.25, -0.2) is 4.39 Å². The Hall–Kier alpha value is -1.21. The molecule has 0 radical (unpaired) electrons. The van der Waals surface area contributed by atoms with E-state index in [0.29, 0.717) is 12.5 Å². The molecule has 1 aromatic rings. The quantitative estimate of drug-likeness (QED) is 0.646. The van der Waals surface area contributed by atoms with Crippen molar-refractivity contribution in [3.05, 3.63) is 32.5 Å². The lowest BCUT2D eigenvalue weighted by molar-refractivity contribution is -0.384. The highest BCUT2D eigenvalue weighted by Gasteiger charge is 2.28. The number of nitrogens with zero attached hydrogens (tertiary/aromatic N) is 1. The van der Waals surface area contributed by atoms with Crippen molar-refractivity contribution in [3.8, 4) is 0 Å². The van der Waals surface area contributed by atoms with Crippen molar-refractivity contribution in [3.63, 3.8) is 0 Å². The van der Waals surface area contributed by atoms with Crippen molar-refractivity contribution in [1.29, 1.82) is 0 Å². The van der Waals surface area contributed by atoms with Gasteiger partial charge in [0.05, 0.1) is 15.5 Å². The van der Waals surface area contributed by atoms with Gasteiger partial charge in [0, 0.05) is 12.6 Å². The smallest absolute Gasteiger partial charge is 0.295 e. The fraction of sp³-hybridized carbons (Fsp3) is 0.455. The summed E-state index contributed by atoms with van der Waals surface area (Å²) in [7, 11) is 0. The molecule has 0 spiro atoms. The number of hydrogen-bond donors (Lipinski definition) is 2. The first-order chi connectivity index (χ1) is 8.49. The van der Waals surface area contributed by atoms with E-state index in [-0.39, 0.29) is 21.9 Å². The Balaban J connectivity index is 2.14. The number of rotatable bonds is 5. The van der Waals surface area contributed by atoms with Crippen LogP contribution in [0.1, 0.15) is 12.8 Å². The van der Waals surface area contributed by atoms with E-state index in [1.165, 1.54) is 6.07 Å². The molecular weight excluding hydrogens is 305 g/mol. The third-order valence-corrected chi connectivity index (χ3v) is 3.60. The van der Waals surface area contributed by atoms with Crippen LogP contribution in [0.4, 0.5) is 15.8 Å². The molecule has 0 aromatic heterocycles. The molecule has 1 aliphatic carbocycles. The van der Waals surface area contributed by atoms with Crippen LogP contribution in [0.2, 0.25) is 0 Å². The van der Waals surface area contributed by atoms with Gasteiger partial charge in [-0.3, -0.25) is 10.1 Å². The molecule has 0 heterocycles. The van der Waals surface area contributed by atoms with Gasteiger partial charge in [-0.2, -0.15) is 0 Å². The highest BCUT2D eigenvalue weighted by molar-refractivity contribution is 9.10. The van der Waals surface area contributed by atoms with Gasteiger partial charge in [-0.15, -0.1) is 0 Å². The van der Waals surface area contributed by atoms with Crippen molar-refractivity contribution >= 4 is 27.3 Å². The van der Waals surface area contributed by atoms with E-state index in [9.17, 15) is 14.5 Å². The molecule has 3 N–H and O–H groups in total. The molecule has 0 bridgehead atoms. The zero-order valence-corrected chi connectivity index (χ0v) is 11.1. The zero-order chi connectivity index (χ0) is 13.3. The summed E-state index contributed by atoms with van der Waals surface area (Å²) in [6.45, 7) is 0.448. The Morgan fingerprint density at radius 3 is 2.83 bits per heavy atom. The number of anilines is 1. The van der Waals surface area contributed by atoms with Gasteiger partial charge < -0.3 is 11.1 Å². The number of nitro benzene ring substituents is 1. The fourth-order valence-electron chi connectivity index (χ4n) is 1.75. The number of hydrogen-bond acceptors (Lipinski definition) is 4. The fourth-order valence-corrected chi connectivity index (χ4v) is 2.09. The monoisotopic (exact) mass is 317 g/mol. The molecule has 1 atom stereocenters. The number of halogens is 2. The second-order valence-corrected chi connectivity index (χ2v) is 5.28. The van der Waals surface area contributed by atoms with Crippen molar-refractivity contribution < 1.29 is 9.31 Å². The normalized spacial score (nSPS) is 16.4. The first-order valence-electron chi connectivity index (χ1n) is 5.62. The molecule has 1 aromatic carbocycles. The average Bonchev–Trinajstić information content (AvgIpc) is 3.13. The summed E-state index contributed by atoms with van der Waals surface area (Å²) in [5, 5.41) is 13.7. The van der Waals surface area contributed by atoms with Gasteiger partial charge in [0.15, 0.2) is 0 Å². The lowest BCUT2D eigenvalue weighted by Crippen LogP contribution is -2.31. The molecule has 2 rings (SSSR count). The van der Waals surface area contributed by atoms with Crippen LogP contribution in [0.15, 0.2) is 16.6 Å². The van der Waals surface area contributed by atoms with Crippen LogP contribution < -0.4 is 11.1 Å². The van der Waals surface area contributed by atoms with Crippen LogP contribution in [0.25, 0.3) is 0 Å². The van der Waals surface area contributed by atoms with Crippen molar-refractivity contribution in [1.82, 2.24) is 0 Å². The Kier molecular flexibility index (Phi) is 3.82. The number of benzene rings is 1. The third-order valence-electron chi connectivity index (χ3n) is 2.99. The molecule has 18 heavy (non-hydrogen) atoms. The van der Waals surface area contributed by atoms with E-state index in [4.69, 9.17) is 5.73 Å². The lowest BCUT2D eigenvalue weighted by atomic mass is 10.2. The maximum Gasteiger partial charge on any atom is 0.295 e. The minimum Gasteiger partial charge on any atom is -0.378 e. The minimum absolute atomic E-state index is 0.0200. The predicted molar refractivity (Wildman–Crippen MR) is 69.9 cm³/mol. The predicted octanol–water partition coefficient (Wildman–Crippen LogP) is 2.65. The molecule has 1 aliphatic rings. The standard InChI is InChI=1S/C11H13BrFN3O2/c12-7-3-10(11(16(17)18)4-8(7)13)15-5-9(14)6-1-2-6/h3-4,6,9,15H,1-2,5,14H2. The largest absolute Gasteiger partial charge is 0.378 e. The molecule has 1 saturated carbocycles. The lowest BCUT2D eigenvalue weighted by Gasteiger charge is -2.13. The molecular formula is C11H13BrFN3O2. The molecule has 0 amide bonds. The van der Waals surface area contributed by atoms with Crippen LogP contribution in [-0.4, -0.2) is 17.5 Å². The van der Waals surface area contributed by atoms with Crippen molar-refractivity contribution in [2.75, 3.05) is 11.9 Å². The van der Waals surface area contributed by atoms with Crippen molar-refractivity contribution in [2.24, 2.45) is 11.7 Å². The average molecular weight is 318 g/mol. The Morgan fingerprint density at radius 2 is 2.28 bits per heavy atom. The van der Waals surface area contributed by atoms with Gasteiger partial charge in [0.2, 0.25) is 0 Å². The third kappa shape index (κ3) is 2.97. The van der Waals surface area contributed by atoms with Crippen LogP contribution in [-0.2, 0) is 0 Å². The first-order valence-corrected chi connectivity index (χ1v) is 6.41.